The molecule has 2 saturated heterocycles. The Bertz CT molecular complexity index is 851. The van der Waals surface area contributed by atoms with Gasteiger partial charge in [0.05, 0.1) is 11.0 Å². The highest BCUT2D eigenvalue weighted by Crippen LogP contribution is 2.52. The number of carbonyl (C=O) groups is 1. The van der Waals surface area contributed by atoms with E-state index in [1.54, 1.807) is 17.0 Å². The van der Waals surface area contributed by atoms with Gasteiger partial charge in [-0.1, -0.05) is 48.5 Å². The molecule has 2 aliphatic heterocycles. The van der Waals surface area contributed by atoms with E-state index < -0.39 is 23.1 Å². The molecule has 0 aromatic heterocycles. The summed E-state index contributed by atoms with van der Waals surface area (Å²) in [5.41, 5.74) is -0.140. The fourth-order valence-corrected chi connectivity index (χ4v) is 4.77. The lowest BCUT2D eigenvalue weighted by Crippen LogP contribution is -2.44. The van der Waals surface area contributed by atoms with Crippen molar-refractivity contribution >= 4 is 18.3 Å². The second-order valence-electron chi connectivity index (χ2n) is 7.72. The lowest BCUT2D eigenvalue weighted by Gasteiger charge is -2.37. The number of alkyl halides is 3. The minimum Gasteiger partial charge on any atom is -0.337 e. The molecule has 2 aromatic carbocycles. The number of hydrogen-bond acceptors (Lipinski definition) is 2. The molecular weight excluding hydrogens is 401 g/mol. The van der Waals surface area contributed by atoms with Crippen LogP contribution in [0.5, 0.6) is 0 Å². The van der Waals surface area contributed by atoms with E-state index in [9.17, 15) is 18.0 Å². The van der Waals surface area contributed by atoms with Crippen molar-refractivity contribution < 1.29 is 18.0 Å². The van der Waals surface area contributed by atoms with E-state index in [2.05, 4.69) is 5.32 Å². The zero-order valence-electron chi connectivity index (χ0n) is 15.9. The minimum atomic E-state index is -4.43. The van der Waals surface area contributed by atoms with Crippen LogP contribution in [0.15, 0.2) is 54.6 Å². The molecule has 156 valence electrons. The van der Waals surface area contributed by atoms with Crippen LogP contribution in [0.3, 0.4) is 0 Å². The van der Waals surface area contributed by atoms with Gasteiger partial charge in [-0.2, -0.15) is 13.2 Å². The highest BCUT2D eigenvalue weighted by Gasteiger charge is 2.55. The van der Waals surface area contributed by atoms with Crippen molar-refractivity contribution in [2.75, 3.05) is 19.6 Å². The maximum absolute atomic E-state index is 13.7. The second kappa shape index (κ2) is 8.36. The summed E-state index contributed by atoms with van der Waals surface area (Å²) in [5.74, 6) is -0.469. The van der Waals surface area contributed by atoms with Crippen LogP contribution < -0.4 is 5.32 Å². The van der Waals surface area contributed by atoms with Gasteiger partial charge in [0.2, 0.25) is 5.91 Å². The third-order valence-corrected chi connectivity index (χ3v) is 6.14. The van der Waals surface area contributed by atoms with E-state index in [1.165, 1.54) is 6.07 Å². The number of hydrogen-bond donors (Lipinski definition) is 1. The average molecular weight is 425 g/mol. The Morgan fingerprint density at radius 2 is 1.62 bits per heavy atom. The Balaban J connectivity index is 0.00000240. The van der Waals surface area contributed by atoms with Crippen molar-refractivity contribution in [3.8, 4) is 0 Å². The molecule has 4 rings (SSSR count). The third-order valence-electron chi connectivity index (χ3n) is 6.14. The maximum atomic E-state index is 13.7. The molecule has 1 N–H and O–H groups in total. The summed E-state index contributed by atoms with van der Waals surface area (Å²) in [5, 5.41) is 3.24. The van der Waals surface area contributed by atoms with Crippen molar-refractivity contribution in [1.82, 2.24) is 10.2 Å². The van der Waals surface area contributed by atoms with E-state index in [1.807, 2.05) is 30.3 Å². The summed E-state index contributed by atoms with van der Waals surface area (Å²) in [6.07, 6.45) is -3.30. The topological polar surface area (TPSA) is 32.3 Å². The number of amides is 1. The van der Waals surface area contributed by atoms with Crippen LogP contribution in [0.2, 0.25) is 0 Å². The number of benzene rings is 2. The van der Waals surface area contributed by atoms with Crippen LogP contribution >= 0.6 is 12.4 Å². The van der Waals surface area contributed by atoms with Gasteiger partial charge < -0.3 is 10.2 Å². The van der Waals surface area contributed by atoms with Gasteiger partial charge in [-0.25, -0.2) is 0 Å². The lowest BCUT2D eigenvalue weighted by molar-refractivity contribution is -0.141. The van der Waals surface area contributed by atoms with Crippen molar-refractivity contribution in [2.24, 2.45) is 5.41 Å². The highest BCUT2D eigenvalue weighted by atomic mass is 35.5. The molecule has 0 bridgehead atoms. The van der Waals surface area contributed by atoms with Crippen molar-refractivity contribution in [2.45, 2.75) is 31.5 Å². The summed E-state index contributed by atoms with van der Waals surface area (Å²) < 4.78 is 41.1. The standard InChI is InChI=1S/C22H23F3N2O.ClH/c23-22(24,25)18-9-5-4-8-17(18)19-15-27(14-16-6-2-1-3-7-16)20(28)21(19)10-12-26-13-11-21;/h1-9,19,26H,10-15H2;1H. The largest absolute Gasteiger partial charge is 0.416 e. The Labute approximate surface area is 174 Å². The van der Waals surface area contributed by atoms with Crippen LogP contribution in [0.1, 0.15) is 35.4 Å². The summed E-state index contributed by atoms with van der Waals surface area (Å²) in [6, 6.07) is 15.4. The van der Waals surface area contributed by atoms with Crippen LogP contribution in [0, 0.1) is 5.41 Å². The number of nitrogens with zero attached hydrogens (tertiary/aromatic N) is 1. The van der Waals surface area contributed by atoms with Crippen LogP contribution in [0.4, 0.5) is 13.2 Å². The zero-order valence-corrected chi connectivity index (χ0v) is 16.7. The number of likely N-dealkylation sites (tertiary alicyclic amines) is 1. The predicted molar refractivity (Wildman–Crippen MR) is 108 cm³/mol. The molecule has 0 radical (unpaired) electrons. The van der Waals surface area contributed by atoms with Gasteiger partial charge in [0, 0.05) is 19.0 Å². The SMILES string of the molecule is Cl.O=C1N(Cc2ccccc2)CC(c2ccccc2C(F)(F)F)C12CCNCC2. The molecule has 2 heterocycles. The molecule has 0 aliphatic carbocycles. The Morgan fingerprint density at radius 3 is 2.28 bits per heavy atom. The summed E-state index contributed by atoms with van der Waals surface area (Å²) in [7, 11) is 0. The van der Waals surface area contributed by atoms with Gasteiger partial charge in [-0.05, 0) is 43.1 Å². The van der Waals surface area contributed by atoms with Gasteiger partial charge in [0.15, 0.2) is 0 Å². The monoisotopic (exact) mass is 424 g/mol. The number of nitrogens with one attached hydrogen (secondary N) is 1. The van der Waals surface area contributed by atoms with Gasteiger partial charge in [0.25, 0.3) is 0 Å². The van der Waals surface area contributed by atoms with E-state index in [-0.39, 0.29) is 23.9 Å². The molecule has 1 amide bonds. The molecule has 0 saturated carbocycles. The van der Waals surface area contributed by atoms with E-state index in [4.69, 9.17) is 0 Å². The molecule has 29 heavy (non-hydrogen) atoms. The first-order valence-electron chi connectivity index (χ1n) is 9.62. The molecule has 1 unspecified atom stereocenters. The molecule has 7 heteroatoms. The summed E-state index contributed by atoms with van der Waals surface area (Å²) in [6.45, 7) is 2.05. The van der Waals surface area contributed by atoms with Crippen LogP contribution in [0.25, 0.3) is 0 Å². The number of halogens is 4. The first-order valence-corrected chi connectivity index (χ1v) is 9.62. The van der Waals surface area contributed by atoms with E-state index in [0.717, 1.165) is 11.6 Å². The van der Waals surface area contributed by atoms with Crippen LogP contribution in [-0.2, 0) is 17.5 Å². The van der Waals surface area contributed by atoms with E-state index >= 15 is 0 Å². The smallest absolute Gasteiger partial charge is 0.337 e. The lowest BCUT2D eigenvalue weighted by atomic mass is 9.67. The van der Waals surface area contributed by atoms with Crippen molar-refractivity contribution in [3.05, 3.63) is 71.3 Å². The molecule has 2 fully saturated rings. The first-order chi connectivity index (χ1) is 13.4. The highest BCUT2D eigenvalue weighted by molar-refractivity contribution is 5.87. The quantitative estimate of drug-likeness (QED) is 0.779. The van der Waals surface area contributed by atoms with Crippen molar-refractivity contribution in [3.63, 3.8) is 0 Å². The fourth-order valence-electron chi connectivity index (χ4n) is 4.77. The van der Waals surface area contributed by atoms with Gasteiger partial charge >= 0.3 is 6.18 Å². The second-order valence-corrected chi connectivity index (χ2v) is 7.72. The number of carbonyl (C=O) groups excluding carboxylic acids is 1. The minimum absolute atomic E-state index is 0. The van der Waals surface area contributed by atoms with Gasteiger partial charge in [-0.15, -0.1) is 12.4 Å². The Hall–Kier alpha value is -2.05. The maximum Gasteiger partial charge on any atom is 0.416 e. The zero-order chi connectivity index (χ0) is 19.8. The third kappa shape index (κ3) is 4.01. The van der Waals surface area contributed by atoms with Crippen molar-refractivity contribution in [1.29, 1.82) is 0 Å². The summed E-state index contributed by atoms with van der Waals surface area (Å²) >= 11 is 0. The van der Waals surface area contributed by atoms with Gasteiger partial charge in [0.1, 0.15) is 0 Å². The van der Waals surface area contributed by atoms with Crippen LogP contribution in [-0.4, -0.2) is 30.4 Å². The number of piperidine rings is 1. The number of rotatable bonds is 3. The summed E-state index contributed by atoms with van der Waals surface area (Å²) in [4.78, 5) is 15.2. The molecule has 1 spiro atoms. The predicted octanol–water partition coefficient (Wildman–Crippen LogP) is 4.62. The van der Waals surface area contributed by atoms with E-state index in [0.29, 0.717) is 39.0 Å². The Morgan fingerprint density at radius 1 is 1.00 bits per heavy atom. The van der Waals surface area contributed by atoms with Gasteiger partial charge in [-0.3, -0.25) is 4.79 Å². The molecule has 1 atom stereocenters. The Kier molecular flexibility index (Phi) is 6.24. The molecule has 3 nitrogen and oxygen atoms in total. The molecular formula is C22H24ClF3N2O. The molecule has 2 aromatic rings. The normalized spacial score (nSPS) is 21.3. The first kappa shape index (κ1) is 21.7. The fraction of sp³-hybridized carbons (Fsp3) is 0.409. The molecule has 2 aliphatic rings. The average Bonchev–Trinajstić information content (AvgIpc) is 2.95.